The van der Waals surface area contributed by atoms with Gasteiger partial charge in [0.15, 0.2) is 0 Å². The van der Waals surface area contributed by atoms with Gasteiger partial charge < -0.3 is 14.9 Å². The summed E-state index contributed by atoms with van der Waals surface area (Å²) in [5, 5.41) is 15.4. The molecule has 0 unspecified atom stereocenters. The van der Waals surface area contributed by atoms with Gasteiger partial charge in [-0.05, 0) is 5.56 Å². The van der Waals surface area contributed by atoms with Gasteiger partial charge in [0.2, 0.25) is 0 Å². The Labute approximate surface area is 83.4 Å². The van der Waals surface area contributed by atoms with Gasteiger partial charge in [-0.2, -0.15) is 12.6 Å². The van der Waals surface area contributed by atoms with Crippen LogP contribution >= 0.6 is 12.6 Å². The van der Waals surface area contributed by atoms with Crippen molar-refractivity contribution in [1.82, 2.24) is 0 Å². The van der Waals surface area contributed by atoms with Crippen LogP contribution in [-0.4, -0.2) is 23.8 Å². The van der Waals surface area contributed by atoms with Crippen molar-refractivity contribution >= 4 is 12.6 Å². The molecule has 0 atom stereocenters. The van der Waals surface area contributed by atoms with Gasteiger partial charge in [-0.1, -0.05) is 30.3 Å². The fourth-order valence-corrected chi connectivity index (χ4v) is 0.794. The summed E-state index contributed by atoms with van der Waals surface area (Å²) < 4.78 is 3.86. The predicted octanol–water partition coefficient (Wildman–Crippen LogP) is 1.02. The van der Waals surface area contributed by atoms with Crippen LogP contribution < -0.4 is 0 Å². The van der Waals surface area contributed by atoms with E-state index in [1.807, 2.05) is 18.2 Å². The Morgan fingerprint density at radius 3 is 2.00 bits per heavy atom. The molecule has 0 radical (unpaired) electrons. The Morgan fingerprint density at radius 1 is 1.31 bits per heavy atom. The zero-order valence-electron chi connectivity index (χ0n) is 7.42. The van der Waals surface area contributed by atoms with E-state index < -0.39 is 6.48 Å². The summed E-state index contributed by atoms with van der Waals surface area (Å²) in [4.78, 5) is 0. The summed E-state index contributed by atoms with van der Waals surface area (Å²) in [5.74, 6) is 0.834. The second-order valence-corrected chi connectivity index (χ2v) is 2.52. The first-order chi connectivity index (χ1) is 6.20. The van der Waals surface area contributed by atoms with E-state index in [-0.39, 0.29) is 0 Å². The lowest BCUT2D eigenvalue weighted by Crippen LogP contribution is -2.04. The Hall–Kier alpha value is -0.550. The number of thiol groups is 1. The average Bonchev–Trinajstić information content (AvgIpc) is 2.20. The second kappa shape index (κ2) is 8.07. The highest BCUT2D eigenvalue weighted by Crippen LogP contribution is 2.00. The second-order valence-electron chi connectivity index (χ2n) is 2.21. The van der Waals surface area contributed by atoms with Crippen LogP contribution in [0.5, 0.6) is 0 Å². The molecule has 74 valence electrons. The molecular weight excluding hydrogens is 188 g/mol. The third-order valence-electron chi connectivity index (χ3n) is 1.24. The third-order valence-corrected chi connectivity index (χ3v) is 1.60. The predicted molar refractivity (Wildman–Crippen MR) is 54.4 cm³/mol. The minimum absolute atomic E-state index is 0.834. The summed E-state index contributed by atoms with van der Waals surface area (Å²) >= 11 is 4.11. The van der Waals surface area contributed by atoms with Crippen LogP contribution in [0, 0.1) is 0 Å². The molecule has 0 heterocycles. The van der Waals surface area contributed by atoms with Gasteiger partial charge in [0.05, 0.1) is 0 Å². The topological polar surface area (TPSA) is 49.7 Å². The maximum absolute atomic E-state index is 7.69. The number of aliphatic hydroxyl groups excluding tert-OH is 1. The molecule has 2 N–H and O–H groups in total. The van der Waals surface area contributed by atoms with Crippen LogP contribution in [0.25, 0.3) is 0 Å². The molecule has 0 aromatic heterocycles. The SMILES string of the molecule is COC(O)O.SCc1ccccc1. The van der Waals surface area contributed by atoms with Crippen LogP contribution in [0.1, 0.15) is 5.56 Å². The molecule has 0 bridgehead atoms. The Balaban J connectivity index is 0.000000252. The minimum atomic E-state index is -1.62. The first-order valence-electron chi connectivity index (χ1n) is 3.74. The molecule has 0 aliphatic carbocycles. The quantitative estimate of drug-likeness (QED) is 0.495. The average molecular weight is 202 g/mol. The molecule has 0 aliphatic rings. The Morgan fingerprint density at radius 2 is 1.77 bits per heavy atom. The first kappa shape index (κ1) is 12.4. The van der Waals surface area contributed by atoms with Gasteiger partial charge in [-0.3, -0.25) is 0 Å². The van der Waals surface area contributed by atoms with Crippen molar-refractivity contribution in [3.05, 3.63) is 35.9 Å². The molecule has 1 aromatic carbocycles. The summed E-state index contributed by atoms with van der Waals surface area (Å²) in [6.45, 7) is -1.62. The maximum atomic E-state index is 7.69. The Kier molecular flexibility index (Phi) is 7.73. The van der Waals surface area contributed by atoms with E-state index in [9.17, 15) is 0 Å². The van der Waals surface area contributed by atoms with Gasteiger partial charge in [-0.15, -0.1) is 0 Å². The van der Waals surface area contributed by atoms with E-state index in [2.05, 4.69) is 29.5 Å². The van der Waals surface area contributed by atoms with E-state index in [0.717, 1.165) is 5.75 Å². The molecule has 0 fully saturated rings. The summed E-state index contributed by atoms with van der Waals surface area (Å²) in [6.07, 6.45) is 0. The lowest BCUT2D eigenvalue weighted by atomic mass is 10.2. The number of hydrogen-bond acceptors (Lipinski definition) is 4. The van der Waals surface area contributed by atoms with Crippen molar-refractivity contribution in [2.75, 3.05) is 7.11 Å². The monoisotopic (exact) mass is 202 g/mol. The molecule has 4 heteroatoms. The van der Waals surface area contributed by atoms with E-state index in [1.165, 1.54) is 12.7 Å². The number of rotatable bonds is 2. The van der Waals surface area contributed by atoms with Crippen molar-refractivity contribution in [3.8, 4) is 0 Å². The molecule has 0 spiro atoms. The lowest BCUT2D eigenvalue weighted by Gasteiger charge is -1.92. The van der Waals surface area contributed by atoms with Crippen molar-refractivity contribution < 1.29 is 14.9 Å². The molecule has 1 aromatic rings. The summed E-state index contributed by atoms with van der Waals surface area (Å²) in [5.41, 5.74) is 1.27. The fourth-order valence-electron chi connectivity index (χ4n) is 0.583. The molecule has 0 saturated carbocycles. The zero-order valence-corrected chi connectivity index (χ0v) is 8.32. The van der Waals surface area contributed by atoms with E-state index >= 15 is 0 Å². The standard InChI is InChI=1S/C7H8S.C2H6O3/c8-6-7-4-2-1-3-5-7;1-5-2(3)4/h1-5,8H,6H2;2-4H,1H3. The van der Waals surface area contributed by atoms with Crippen LogP contribution in [0.4, 0.5) is 0 Å². The van der Waals surface area contributed by atoms with Crippen molar-refractivity contribution in [2.24, 2.45) is 0 Å². The van der Waals surface area contributed by atoms with E-state index in [0.29, 0.717) is 0 Å². The summed E-state index contributed by atoms with van der Waals surface area (Å²) in [7, 11) is 1.20. The number of methoxy groups -OCH3 is 1. The summed E-state index contributed by atoms with van der Waals surface area (Å²) in [6, 6.07) is 10.2. The molecule has 0 amide bonds. The largest absolute Gasteiger partial charge is 0.346 e. The van der Waals surface area contributed by atoms with Crippen LogP contribution in [0.3, 0.4) is 0 Å². The highest BCUT2D eigenvalue weighted by atomic mass is 32.1. The van der Waals surface area contributed by atoms with Gasteiger partial charge in [0.25, 0.3) is 6.48 Å². The molecule has 0 saturated heterocycles. The van der Waals surface area contributed by atoms with Crippen molar-refractivity contribution in [3.63, 3.8) is 0 Å². The van der Waals surface area contributed by atoms with Gasteiger partial charge in [0, 0.05) is 12.9 Å². The lowest BCUT2D eigenvalue weighted by molar-refractivity contribution is -0.218. The number of ether oxygens (including phenoxy) is 1. The zero-order chi connectivity index (χ0) is 10.1. The maximum Gasteiger partial charge on any atom is 0.266 e. The first-order valence-corrected chi connectivity index (χ1v) is 4.37. The highest BCUT2D eigenvalue weighted by Gasteiger charge is 1.82. The fraction of sp³-hybridized carbons (Fsp3) is 0.333. The van der Waals surface area contributed by atoms with Gasteiger partial charge in [0.1, 0.15) is 0 Å². The van der Waals surface area contributed by atoms with Crippen molar-refractivity contribution in [1.29, 1.82) is 0 Å². The normalized spacial score (nSPS) is 9.31. The number of aliphatic hydroxyl groups is 2. The van der Waals surface area contributed by atoms with Gasteiger partial charge in [-0.25, -0.2) is 0 Å². The molecule has 13 heavy (non-hydrogen) atoms. The van der Waals surface area contributed by atoms with Crippen LogP contribution in [0.15, 0.2) is 30.3 Å². The molecular formula is C9H14O3S. The number of benzene rings is 1. The molecule has 1 rings (SSSR count). The number of hydrogen-bond donors (Lipinski definition) is 3. The van der Waals surface area contributed by atoms with E-state index in [1.54, 1.807) is 0 Å². The molecule has 0 aliphatic heterocycles. The minimum Gasteiger partial charge on any atom is -0.346 e. The van der Waals surface area contributed by atoms with Crippen LogP contribution in [-0.2, 0) is 10.5 Å². The Bertz CT molecular complexity index is 201. The smallest absolute Gasteiger partial charge is 0.266 e. The third kappa shape index (κ3) is 7.80. The highest BCUT2D eigenvalue weighted by molar-refractivity contribution is 7.79. The van der Waals surface area contributed by atoms with Gasteiger partial charge >= 0.3 is 0 Å². The molecule has 3 nitrogen and oxygen atoms in total. The van der Waals surface area contributed by atoms with E-state index in [4.69, 9.17) is 10.2 Å². The van der Waals surface area contributed by atoms with Crippen LogP contribution in [0.2, 0.25) is 0 Å². The van der Waals surface area contributed by atoms with Crippen molar-refractivity contribution in [2.45, 2.75) is 12.2 Å².